The Balaban J connectivity index is 2.21. The molecule has 0 spiro atoms. The van der Waals surface area contributed by atoms with Crippen LogP contribution < -0.4 is 5.32 Å². The number of methoxy groups -OCH3 is 1. The van der Waals surface area contributed by atoms with E-state index in [4.69, 9.17) is 0 Å². The second-order valence-corrected chi connectivity index (χ2v) is 3.93. The van der Waals surface area contributed by atoms with Crippen LogP contribution in [0.3, 0.4) is 0 Å². The molecule has 112 valence electrons. The summed E-state index contributed by atoms with van der Waals surface area (Å²) in [4.78, 5) is 23.5. The third-order valence-electron chi connectivity index (χ3n) is 2.61. The number of amides is 1. The zero-order valence-corrected chi connectivity index (χ0v) is 11.1. The van der Waals surface area contributed by atoms with Crippen LogP contribution in [0.25, 0.3) is 0 Å². The summed E-state index contributed by atoms with van der Waals surface area (Å²) in [5.74, 6) is -1.43. The number of aryl methyl sites for hydroxylation is 1. The first-order valence-corrected chi connectivity index (χ1v) is 5.69. The molecule has 21 heavy (non-hydrogen) atoms. The average Bonchev–Trinajstić information content (AvgIpc) is 3.05. The van der Waals surface area contributed by atoms with E-state index in [1.807, 2.05) is 0 Å². The van der Waals surface area contributed by atoms with Crippen LogP contribution >= 0.6 is 0 Å². The fraction of sp³-hybridized carbons (Fsp3) is 0.273. The molecule has 0 atom stereocenters. The molecule has 2 heterocycles. The van der Waals surface area contributed by atoms with Gasteiger partial charge in [-0.15, -0.1) is 0 Å². The zero-order chi connectivity index (χ0) is 15.6. The first kappa shape index (κ1) is 14.6. The number of hydrogen-bond acceptors (Lipinski definition) is 5. The number of nitrogens with zero attached hydrogens (tertiary/aromatic N) is 4. The molecule has 0 saturated carbocycles. The van der Waals surface area contributed by atoms with Gasteiger partial charge >= 0.3 is 12.5 Å². The number of anilines is 1. The van der Waals surface area contributed by atoms with Gasteiger partial charge in [-0.25, -0.2) is 9.48 Å². The van der Waals surface area contributed by atoms with Crippen LogP contribution in [0, 0.1) is 0 Å². The molecule has 8 nitrogen and oxygen atoms in total. The van der Waals surface area contributed by atoms with Gasteiger partial charge in [0.1, 0.15) is 0 Å². The number of esters is 1. The molecule has 0 aliphatic heterocycles. The van der Waals surface area contributed by atoms with Gasteiger partial charge in [-0.1, -0.05) is 0 Å². The number of carbonyl (C=O) groups is 2. The Hall–Kier alpha value is -2.78. The molecule has 10 heteroatoms. The van der Waals surface area contributed by atoms with Crippen LogP contribution in [-0.2, 0) is 11.8 Å². The van der Waals surface area contributed by atoms with Crippen molar-refractivity contribution in [2.45, 2.75) is 6.55 Å². The predicted molar refractivity (Wildman–Crippen MR) is 66.0 cm³/mol. The van der Waals surface area contributed by atoms with Crippen molar-refractivity contribution in [2.24, 2.45) is 7.05 Å². The lowest BCUT2D eigenvalue weighted by Gasteiger charge is -2.05. The van der Waals surface area contributed by atoms with Crippen LogP contribution in [0.1, 0.15) is 27.5 Å². The maximum Gasteiger partial charge on any atom is 0.358 e. The summed E-state index contributed by atoms with van der Waals surface area (Å²) < 4.78 is 30.9. The Morgan fingerprint density at radius 1 is 1.43 bits per heavy atom. The van der Waals surface area contributed by atoms with E-state index in [0.29, 0.717) is 4.68 Å². The number of aromatic nitrogens is 4. The van der Waals surface area contributed by atoms with E-state index in [2.05, 4.69) is 20.3 Å². The minimum atomic E-state index is -2.84. The van der Waals surface area contributed by atoms with Gasteiger partial charge in [0.2, 0.25) is 0 Å². The standard InChI is InChI=1S/C11H11F2N5O3/c1-17-8(10(20)21-2)7(5-14-17)15-9(19)6-3-4-18(16-6)11(12)13/h3-5,11H,1-2H3,(H,15,19). The van der Waals surface area contributed by atoms with Gasteiger partial charge < -0.3 is 10.1 Å². The van der Waals surface area contributed by atoms with Crippen molar-refractivity contribution >= 4 is 17.6 Å². The van der Waals surface area contributed by atoms with E-state index in [1.165, 1.54) is 25.0 Å². The van der Waals surface area contributed by atoms with Crippen LogP contribution in [0.4, 0.5) is 14.5 Å². The first-order valence-electron chi connectivity index (χ1n) is 5.69. The maximum absolute atomic E-state index is 12.4. The molecule has 0 aliphatic carbocycles. The van der Waals surface area contributed by atoms with E-state index in [0.717, 1.165) is 12.3 Å². The quantitative estimate of drug-likeness (QED) is 0.852. The predicted octanol–water partition coefficient (Wildman–Crippen LogP) is 1.05. The van der Waals surface area contributed by atoms with Gasteiger partial charge in [-0.2, -0.15) is 19.0 Å². The summed E-state index contributed by atoms with van der Waals surface area (Å²) in [6, 6.07) is 1.13. The smallest absolute Gasteiger partial charge is 0.358 e. The molecule has 0 radical (unpaired) electrons. The summed E-state index contributed by atoms with van der Waals surface area (Å²) in [6.07, 6.45) is 2.22. The molecule has 1 amide bonds. The summed E-state index contributed by atoms with van der Waals surface area (Å²) in [7, 11) is 2.68. The monoisotopic (exact) mass is 299 g/mol. The molecule has 0 bridgehead atoms. The highest BCUT2D eigenvalue weighted by molar-refractivity contribution is 6.06. The lowest BCUT2D eigenvalue weighted by molar-refractivity contribution is 0.0560. The van der Waals surface area contributed by atoms with Crippen LogP contribution in [-0.4, -0.2) is 38.5 Å². The van der Waals surface area contributed by atoms with Gasteiger partial charge in [-0.3, -0.25) is 9.48 Å². The van der Waals surface area contributed by atoms with Crippen LogP contribution in [0.15, 0.2) is 18.5 Å². The van der Waals surface area contributed by atoms with E-state index in [1.54, 1.807) is 0 Å². The molecule has 0 saturated heterocycles. The molecule has 2 rings (SSSR count). The number of alkyl halides is 2. The Bertz CT molecular complexity index is 679. The first-order chi connectivity index (χ1) is 9.93. The zero-order valence-electron chi connectivity index (χ0n) is 11.1. The van der Waals surface area contributed by atoms with E-state index < -0.39 is 18.4 Å². The molecular weight excluding hydrogens is 288 g/mol. The third kappa shape index (κ3) is 2.88. The molecule has 0 unspecified atom stereocenters. The Labute approximate surface area is 117 Å². The Morgan fingerprint density at radius 2 is 2.14 bits per heavy atom. The van der Waals surface area contributed by atoms with Crippen molar-refractivity contribution in [3.8, 4) is 0 Å². The minimum Gasteiger partial charge on any atom is -0.464 e. The largest absolute Gasteiger partial charge is 0.464 e. The highest BCUT2D eigenvalue weighted by Crippen LogP contribution is 2.16. The number of rotatable bonds is 4. The van der Waals surface area contributed by atoms with Crippen molar-refractivity contribution in [3.63, 3.8) is 0 Å². The summed E-state index contributed by atoms with van der Waals surface area (Å²) in [6.45, 7) is -2.84. The number of halogens is 2. The third-order valence-corrected chi connectivity index (χ3v) is 2.61. The fourth-order valence-electron chi connectivity index (χ4n) is 1.62. The average molecular weight is 299 g/mol. The van der Waals surface area contributed by atoms with Gasteiger partial charge in [0.25, 0.3) is 5.91 Å². The van der Waals surface area contributed by atoms with Gasteiger partial charge in [0.05, 0.1) is 19.0 Å². The SMILES string of the molecule is COC(=O)c1c(NC(=O)c2ccn(C(F)F)n2)cnn1C. The van der Waals surface area contributed by atoms with E-state index in [9.17, 15) is 18.4 Å². The van der Waals surface area contributed by atoms with E-state index >= 15 is 0 Å². The Morgan fingerprint density at radius 3 is 2.71 bits per heavy atom. The summed E-state index contributed by atoms with van der Waals surface area (Å²) >= 11 is 0. The number of ether oxygens (including phenoxy) is 1. The lowest BCUT2D eigenvalue weighted by Crippen LogP contribution is -2.17. The molecule has 2 aromatic heterocycles. The second-order valence-electron chi connectivity index (χ2n) is 3.93. The number of nitrogens with one attached hydrogen (secondary N) is 1. The second kappa shape index (κ2) is 5.69. The maximum atomic E-state index is 12.4. The van der Waals surface area contributed by atoms with Crippen molar-refractivity contribution in [2.75, 3.05) is 12.4 Å². The van der Waals surface area contributed by atoms with Crippen LogP contribution in [0.2, 0.25) is 0 Å². The molecule has 1 N–H and O–H groups in total. The van der Waals surface area contributed by atoms with Crippen molar-refractivity contribution in [1.29, 1.82) is 0 Å². The van der Waals surface area contributed by atoms with Crippen molar-refractivity contribution in [1.82, 2.24) is 19.6 Å². The van der Waals surface area contributed by atoms with Gasteiger partial charge in [-0.05, 0) is 6.07 Å². The van der Waals surface area contributed by atoms with Crippen molar-refractivity contribution < 1.29 is 23.1 Å². The van der Waals surface area contributed by atoms with Gasteiger partial charge in [0.15, 0.2) is 11.4 Å². The van der Waals surface area contributed by atoms with Gasteiger partial charge in [0, 0.05) is 13.2 Å². The molecule has 0 fully saturated rings. The summed E-state index contributed by atoms with van der Waals surface area (Å²) in [5.41, 5.74) is -0.0879. The molecule has 2 aromatic rings. The minimum absolute atomic E-state index is 0.0270. The molecule has 0 aliphatic rings. The topological polar surface area (TPSA) is 91.0 Å². The number of hydrogen-bond donors (Lipinski definition) is 1. The van der Waals surface area contributed by atoms with E-state index in [-0.39, 0.29) is 17.1 Å². The Kier molecular flexibility index (Phi) is 3.96. The normalized spacial score (nSPS) is 10.7. The summed E-state index contributed by atoms with van der Waals surface area (Å²) in [5, 5.41) is 9.61. The molecule has 0 aromatic carbocycles. The lowest BCUT2D eigenvalue weighted by atomic mass is 10.3. The highest BCUT2D eigenvalue weighted by atomic mass is 19.3. The van der Waals surface area contributed by atoms with Crippen molar-refractivity contribution in [3.05, 3.63) is 29.8 Å². The molecular formula is C11H11F2N5O3. The number of carbonyl (C=O) groups excluding carboxylic acids is 2. The van der Waals surface area contributed by atoms with Crippen LogP contribution in [0.5, 0.6) is 0 Å². The highest BCUT2D eigenvalue weighted by Gasteiger charge is 2.21. The fourth-order valence-corrected chi connectivity index (χ4v) is 1.62.